The summed E-state index contributed by atoms with van der Waals surface area (Å²) in [5.41, 5.74) is 0.364. The molecule has 0 saturated heterocycles. The van der Waals surface area contributed by atoms with Crippen molar-refractivity contribution >= 4 is 66.7 Å². The summed E-state index contributed by atoms with van der Waals surface area (Å²) in [4.78, 5) is 77.1. The standard InChI is InChI=1S/C32H28N6O8.CH4O3S/c1-17(15-35-29(39)23-7-3-5-19-11-21(37(43)44)13-25(27(19)23)31(35)41)33-9-10-34-18(2)16-36-30(40)24-8-4-6-20-12-22(38(45)46)14-26(28(20)24)32(36)42;1-5(2,3)4/h3-8,11-14,17-18,33-34H,9-10,15-16H2,1-2H3;1H3,(H,2,3,4)/t17-,18-;/m1./s1. The number of amides is 4. The van der Waals surface area contributed by atoms with E-state index in [4.69, 9.17) is 4.55 Å². The Morgan fingerprint density at radius 1 is 0.667 bits per heavy atom. The number of imide groups is 2. The topological polar surface area (TPSA) is 239 Å². The Hall–Kier alpha value is -5.69. The van der Waals surface area contributed by atoms with E-state index in [0.29, 0.717) is 52.0 Å². The lowest BCUT2D eigenvalue weighted by molar-refractivity contribution is -0.384. The molecule has 0 radical (unpaired) electrons. The molecule has 0 aliphatic carbocycles. The number of nitrogens with one attached hydrogen (secondary N) is 2. The summed E-state index contributed by atoms with van der Waals surface area (Å²) in [6, 6.07) is 14.1. The lowest BCUT2D eigenvalue weighted by Gasteiger charge is -2.30. The number of nitro benzene ring substituents is 2. The normalized spacial score (nSPS) is 15.1. The van der Waals surface area contributed by atoms with E-state index < -0.39 is 43.6 Å². The van der Waals surface area contributed by atoms with E-state index in [1.54, 1.807) is 50.2 Å². The van der Waals surface area contributed by atoms with Gasteiger partial charge in [0.2, 0.25) is 0 Å². The van der Waals surface area contributed by atoms with Crippen LogP contribution in [0.5, 0.6) is 0 Å². The van der Waals surface area contributed by atoms with Crippen LogP contribution >= 0.6 is 0 Å². The molecule has 6 rings (SSSR count). The SMILES string of the molecule is CS(=O)(=O)O.C[C@H](CN1C(=O)c2cccc3cc([N+](=O)[O-])cc(c23)C1=O)NCCN[C@H](C)CN1C(=O)c2cccc3cc([N+](=O)[O-])cc(c23)C1=O. The molecule has 0 unspecified atom stereocenters. The van der Waals surface area contributed by atoms with Gasteiger partial charge >= 0.3 is 0 Å². The van der Waals surface area contributed by atoms with Gasteiger partial charge in [-0.2, -0.15) is 8.42 Å². The molecule has 51 heavy (non-hydrogen) atoms. The Balaban J connectivity index is 0.000000943. The lowest BCUT2D eigenvalue weighted by Crippen LogP contribution is -2.50. The van der Waals surface area contributed by atoms with Gasteiger partial charge in [0, 0.05) is 84.4 Å². The van der Waals surface area contributed by atoms with Crippen molar-refractivity contribution in [3.8, 4) is 0 Å². The van der Waals surface area contributed by atoms with Crippen LogP contribution in [-0.4, -0.2) is 101 Å². The fraction of sp³-hybridized carbons (Fsp3) is 0.273. The van der Waals surface area contributed by atoms with Gasteiger partial charge in [0.15, 0.2) is 0 Å². The molecule has 0 bridgehead atoms. The number of non-ortho nitro benzene ring substituents is 2. The van der Waals surface area contributed by atoms with E-state index in [2.05, 4.69) is 10.6 Å². The van der Waals surface area contributed by atoms with Crippen LogP contribution in [0.15, 0.2) is 60.7 Å². The van der Waals surface area contributed by atoms with Crippen LogP contribution in [0.4, 0.5) is 11.4 Å². The van der Waals surface area contributed by atoms with Crippen LogP contribution in [0.3, 0.4) is 0 Å². The number of rotatable bonds is 11. The maximum absolute atomic E-state index is 13.3. The van der Waals surface area contributed by atoms with Crippen LogP contribution in [0.25, 0.3) is 21.5 Å². The lowest BCUT2D eigenvalue weighted by atomic mass is 9.93. The molecule has 266 valence electrons. The molecule has 0 saturated carbocycles. The van der Waals surface area contributed by atoms with Gasteiger partial charge in [-0.3, -0.25) is 53.8 Å². The van der Waals surface area contributed by atoms with Crippen molar-refractivity contribution in [1.29, 1.82) is 0 Å². The fourth-order valence-corrected chi connectivity index (χ4v) is 6.14. The van der Waals surface area contributed by atoms with Crippen molar-refractivity contribution in [2.45, 2.75) is 25.9 Å². The van der Waals surface area contributed by atoms with Gasteiger partial charge in [-0.15, -0.1) is 0 Å². The minimum absolute atomic E-state index is 0.0274. The minimum atomic E-state index is -3.67. The highest BCUT2D eigenvalue weighted by Crippen LogP contribution is 2.35. The first-order chi connectivity index (χ1) is 24.0. The predicted octanol–water partition coefficient (Wildman–Crippen LogP) is 3.16. The van der Waals surface area contributed by atoms with Crippen LogP contribution in [-0.2, 0) is 10.1 Å². The molecule has 2 atom stereocenters. The highest BCUT2D eigenvalue weighted by Gasteiger charge is 2.36. The van der Waals surface area contributed by atoms with Crippen LogP contribution in [0.2, 0.25) is 0 Å². The smallest absolute Gasteiger partial charge is 0.270 e. The summed E-state index contributed by atoms with van der Waals surface area (Å²) < 4.78 is 25.9. The fourth-order valence-electron chi connectivity index (χ4n) is 6.14. The van der Waals surface area contributed by atoms with E-state index in [1.165, 1.54) is 24.3 Å². The number of carbonyl (C=O) groups excluding carboxylic acids is 4. The Bertz CT molecular complexity index is 2110. The minimum Gasteiger partial charge on any atom is -0.311 e. The maximum atomic E-state index is 13.3. The van der Waals surface area contributed by atoms with E-state index in [1.807, 2.05) is 0 Å². The first kappa shape index (κ1) is 36.6. The van der Waals surface area contributed by atoms with Crippen molar-refractivity contribution < 1.29 is 42.0 Å². The number of nitro groups is 2. The summed E-state index contributed by atoms with van der Waals surface area (Å²) >= 11 is 0. The highest BCUT2D eigenvalue weighted by molar-refractivity contribution is 7.85. The van der Waals surface area contributed by atoms with Gasteiger partial charge in [-0.05, 0) is 36.8 Å². The van der Waals surface area contributed by atoms with E-state index in [9.17, 15) is 47.8 Å². The molecule has 18 heteroatoms. The van der Waals surface area contributed by atoms with E-state index in [0.717, 1.165) is 9.80 Å². The third-order valence-corrected chi connectivity index (χ3v) is 8.27. The molecule has 17 nitrogen and oxygen atoms in total. The van der Waals surface area contributed by atoms with Crippen LogP contribution in [0.1, 0.15) is 55.3 Å². The van der Waals surface area contributed by atoms with Gasteiger partial charge in [-0.1, -0.05) is 24.3 Å². The molecule has 0 spiro atoms. The zero-order valence-corrected chi connectivity index (χ0v) is 28.3. The molecule has 4 aromatic carbocycles. The van der Waals surface area contributed by atoms with Gasteiger partial charge in [0.1, 0.15) is 0 Å². The molecule has 2 aliphatic rings. The third kappa shape index (κ3) is 7.73. The number of hydrogen-bond donors (Lipinski definition) is 3. The second kappa shape index (κ2) is 14.3. The van der Waals surface area contributed by atoms with Gasteiger partial charge in [-0.25, -0.2) is 0 Å². The Labute approximate surface area is 290 Å². The highest BCUT2D eigenvalue weighted by atomic mass is 32.2. The van der Waals surface area contributed by atoms with Crippen LogP contribution in [0, 0.1) is 20.2 Å². The molecule has 4 aromatic rings. The second-order valence-electron chi connectivity index (χ2n) is 12.2. The largest absolute Gasteiger partial charge is 0.311 e. The number of benzene rings is 4. The van der Waals surface area contributed by atoms with Crippen molar-refractivity contribution in [3.05, 3.63) is 103 Å². The summed E-state index contributed by atoms with van der Waals surface area (Å²) in [6.07, 6.45) is 0.715. The Kier molecular flexibility index (Phi) is 10.2. The molecule has 2 aliphatic heterocycles. The van der Waals surface area contributed by atoms with E-state index >= 15 is 0 Å². The molecule has 4 amide bonds. The Morgan fingerprint density at radius 3 is 1.33 bits per heavy atom. The summed E-state index contributed by atoms with van der Waals surface area (Å²) in [5, 5.41) is 31.1. The van der Waals surface area contributed by atoms with Crippen molar-refractivity contribution in [2.24, 2.45) is 0 Å². The van der Waals surface area contributed by atoms with Crippen LogP contribution < -0.4 is 10.6 Å². The van der Waals surface area contributed by atoms with Crippen molar-refractivity contribution in [1.82, 2.24) is 20.4 Å². The first-order valence-corrected chi connectivity index (χ1v) is 17.3. The third-order valence-electron chi connectivity index (χ3n) is 8.27. The number of nitrogens with zero attached hydrogens (tertiary/aromatic N) is 4. The average molecular weight is 721 g/mol. The molecule has 2 heterocycles. The van der Waals surface area contributed by atoms with Crippen molar-refractivity contribution in [2.75, 3.05) is 32.4 Å². The van der Waals surface area contributed by atoms with Gasteiger partial charge in [0.05, 0.1) is 27.2 Å². The first-order valence-electron chi connectivity index (χ1n) is 15.5. The van der Waals surface area contributed by atoms with Gasteiger partial charge < -0.3 is 10.6 Å². The molecule has 0 aromatic heterocycles. The summed E-state index contributed by atoms with van der Waals surface area (Å²) in [5.74, 6) is -2.15. The quantitative estimate of drug-likeness (QED) is 0.0664. The number of carbonyl (C=O) groups is 4. The average Bonchev–Trinajstić information content (AvgIpc) is 3.06. The molecular formula is C33H32N6O11S. The summed E-state index contributed by atoms with van der Waals surface area (Å²) in [6.45, 7) is 4.48. The number of hydrogen-bond acceptors (Lipinski definition) is 12. The zero-order valence-electron chi connectivity index (χ0n) is 27.5. The maximum Gasteiger partial charge on any atom is 0.270 e. The Morgan fingerprint density at radius 2 is 1.00 bits per heavy atom. The predicted molar refractivity (Wildman–Crippen MR) is 184 cm³/mol. The summed E-state index contributed by atoms with van der Waals surface area (Å²) in [7, 11) is -3.67. The molecular weight excluding hydrogens is 688 g/mol. The zero-order chi connectivity index (χ0) is 37.4. The van der Waals surface area contributed by atoms with E-state index in [-0.39, 0.29) is 47.7 Å². The second-order valence-corrected chi connectivity index (χ2v) is 13.7. The monoisotopic (exact) mass is 720 g/mol. The molecule has 0 fully saturated rings. The van der Waals surface area contributed by atoms with Gasteiger partial charge in [0.25, 0.3) is 45.1 Å². The molecule has 3 N–H and O–H groups in total. The van der Waals surface area contributed by atoms with Crippen molar-refractivity contribution in [3.63, 3.8) is 0 Å².